The highest BCUT2D eigenvalue weighted by molar-refractivity contribution is 9.10. The zero-order valence-corrected chi connectivity index (χ0v) is 9.76. The molecule has 0 radical (unpaired) electrons. The molecular weight excluding hydrogens is 240 g/mol. The molecule has 1 N–H and O–H groups in total. The van der Waals surface area contributed by atoms with Gasteiger partial charge in [-0.3, -0.25) is 0 Å². The third kappa shape index (κ3) is 2.18. The molecule has 1 unspecified atom stereocenters. The highest BCUT2D eigenvalue weighted by atomic mass is 79.9. The van der Waals surface area contributed by atoms with Crippen molar-refractivity contribution < 1.29 is 5.11 Å². The van der Waals surface area contributed by atoms with E-state index >= 15 is 0 Å². The van der Waals surface area contributed by atoms with Gasteiger partial charge >= 0.3 is 0 Å². The lowest BCUT2D eigenvalue weighted by molar-refractivity contribution is 0.248. The van der Waals surface area contributed by atoms with Crippen molar-refractivity contribution in [2.24, 2.45) is 5.92 Å². The Hall–Kier alpha value is -0.340. The fourth-order valence-electron chi connectivity index (χ4n) is 2.23. The zero-order valence-electron chi connectivity index (χ0n) is 8.17. The second-order valence-corrected chi connectivity index (χ2v) is 4.95. The fraction of sp³-hybridized carbons (Fsp3) is 0.500. The summed E-state index contributed by atoms with van der Waals surface area (Å²) in [6.45, 7) is 0.327. The monoisotopic (exact) mass is 254 g/mol. The molecule has 1 aliphatic rings. The van der Waals surface area contributed by atoms with E-state index in [1.54, 1.807) is 0 Å². The first-order chi connectivity index (χ1) is 6.79. The molecule has 2 rings (SSSR count). The lowest BCUT2D eigenvalue weighted by Crippen LogP contribution is -2.15. The minimum atomic E-state index is 0.327. The van der Waals surface area contributed by atoms with Crippen LogP contribution in [0.25, 0.3) is 0 Å². The van der Waals surface area contributed by atoms with Crippen molar-refractivity contribution in [1.82, 2.24) is 0 Å². The molecule has 76 valence electrons. The van der Waals surface area contributed by atoms with Crippen LogP contribution < -0.4 is 0 Å². The van der Waals surface area contributed by atoms with Gasteiger partial charge in [-0.2, -0.15) is 0 Å². The van der Waals surface area contributed by atoms with Crippen LogP contribution in [0.4, 0.5) is 0 Å². The van der Waals surface area contributed by atoms with E-state index in [1.807, 2.05) is 0 Å². The summed E-state index contributed by atoms with van der Waals surface area (Å²) in [5, 5.41) is 8.91. The molecule has 1 atom stereocenters. The van der Waals surface area contributed by atoms with Crippen molar-refractivity contribution in [3.8, 4) is 0 Å². The van der Waals surface area contributed by atoms with E-state index in [4.69, 9.17) is 5.11 Å². The molecule has 1 aromatic rings. The molecule has 0 amide bonds. The lowest BCUT2D eigenvalue weighted by atomic mass is 9.82. The Bertz CT molecular complexity index is 322. The van der Waals surface area contributed by atoms with Crippen LogP contribution in [0, 0.1) is 5.92 Å². The molecule has 0 fully saturated rings. The van der Waals surface area contributed by atoms with Gasteiger partial charge in [-0.15, -0.1) is 0 Å². The zero-order chi connectivity index (χ0) is 9.97. The fourth-order valence-corrected chi connectivity index (χ4v) is 2.64. The van der Waals surface area contributed by atoms with Crippen LogP contribution in [0.1, 0.15) is 24.0 Å². The van der Waals surface area contributed by atoms with Gasteiger partial charge in [-0.25, -0.2) is 0 Å². The normalized spacial score (nSPS) is 20.6. The number of aryl methyl sites for hydroxylation is 1. The number of rotatable bonds is 2. The Morgan fingerprint density at radius 1 is 1.36 bits per heavy atom. The lowest BCUT2D eigenvalue weighted by Gasteiger charge is -2.24. The third-order valence-corrected chi connectivity index (χ3v) is 3.53. The third-order valence-electron chi connectivity index (χ3n) is 3.04. The van der Waals surface area contributed by atoms with Gasteiger partial charge in [0.15, 0.2) is 0 Å². The van der Waals surface area contributed by atoms with Crippen molar-refractivity contribution in [3.63, 3.8) is 0 Å². The first-order valence-corrected chi connectivity index (χ1v) is 5.97. The van der Waals surface area contributed by atoms with Crippen LogP contribution in [0.5, 0.6) is 0 Å². The van der Waals surface area contributed by atoms with E-state index in [2.05, 4.69) is 34.1 Å². The molecule has 0 bridgehead atoms. The van der Waals surface area contributed by atoms with Gasteiger partial charge in [0.1, 0.15) is 0 Å². The summed E-state index contributed by atoms with van der Waals surface area (Å²) >= 11 is 3.50. The maximum atomic E-state index is 8.91. The summed E-state index contributed by atoms with van der Waals surface area (Å²) in [5.41, 5.74) is 2.95. The number of fused-ring (bicyclic) bond motifs is 1. The molecular formula is C12H15BrO. The van der Waals surface area contributed by atoms with Crippen molar-refractivity contribution in [2.75, 3.05) is 6.61 Å². The Balaban J connectivity index is 2.16. The summed E-state index contributed by atoms with van der Waals surface area (Å²) in [6, 6.07) is 6.55. The summed E-state index contributed by atoms with van der Waals surface area (Å²) < 4.78 is 1.17. The molecule has 0 saturated heterocycles. The Morgan fingerprint density at radius 3 is 3.00 bits per heavy atom. The topological polar surface area (TPSA) is 20.2 Å². The maximum absolute atomic E-state index is 8.91. The highest BCUT2D eigenvalue weighted by Gasteiger charge is 2.17. The molecule has 0 saturated carbocycles. The van der Waals surface area contributed by atoms with Crippen LogP contribution in [-0.4, -0.2) is 11.7 Å². The number of hydrogen-bond donors (Lipinski definition) is 1. The van der Waals surface area contributed by atoms with Gasteiger partial charge in [0.2, 0.25) is 0 Å². The Morgan fingerprint density at radius 2 is 2.21 bits per heavy atom. The molecule has 0 aliphatic heterocycles. The van der Waals surface area contributed by atoms with Crippen LogP contribution in [0.15, 0.2) is 22.7 Å². The van der Waals surface area contributed by atoms with E-state index in [1.165, 1.54) is 28.4 Å². The average Bonchev–Trinajstić information content (AvgIpc) is 2.17. The second-order valence-electron chi connectivity index (χ2n) is 4.03. The number of hydrogen-bond acceptors (Lipinski definition) is 1. The van der Waals surface area contributed by atoms with Gasteiger partial charge in [0.05, 0.1) is 0 Å². The smallest absolute Gasteiger partial charge is 0.0433 e. The average molecular weight is 255 g/mol. The largest absolute Gasteiger partial charge is 0.396 e. The molecule has 1 nitrogen and oxygen atoms in total. The van der Waals surface area contributed by atoms with Gasteiger partial charge in [0, 0.05) is 11.1 Å². The van der Waals surface area contributed by atoms with Gasteiger partial charge in [-0.05, 0) is 54.9 Å². The molecule has 0 aromatic heterocycles. The molecule has 1 aromatic carbocycles. The number of halogens is 1. The molecule has 2 heteroatoms. The van der Waals surface area contributed by atoms with E-state index in [0.717, 1.165) is 12.8 Å². The standard InChI is InChI=1S/C12H15BrO/c13-12-4-3-10-2-1-9(5-6-14)7-11(10)8-12/h3-4,8-9,14H,1-2,5-7H2. The first kappa shape index (κ1) is 10.2. The van der Waals surface area contributed by atoms with Crippen LogP contribution >= 0.6 is 15.9 Å². The van der Waals surface area contributed by atoms with Crippen molar-refractivity contribution in [2.45, 2.75) is 25.7 Å². The molecule has 14 heavy (non-hydrogen) atoms. The van der Waals surface area contributed by atoms with E-state index in [9.17, 15) is 0 Å². The van der Waals surface area contributed by atoms with Crippen molar-refractivity contribution in [1.29, 1.82) is 0 Å². The van der Waals surface area contributed by atoms with Crippen LogP contribution in [0.3, 0.4) is 0 Å². The van der Waals surface area contributed by atoms with Gasteiger partial charge in [0.25, 0.3) is 0 Å². The minimum absolute atomic E-state index is 0.327. The maximum Gasteiger partial charge on any atom is 0.0433 e. The Labute approximate surface area is 93.3 Å². The van der Waals surface area contributed by atoms with Gasteiger partial charge in [-0.1, -0.05) is 22.0 Å². The number of aliphatic hydroxyl groups is 1. The van der Waals surface area contributed by atoms with E-state index < -0.39 is 0 Å². The van der Waals surface area contributed by atoms with Crippen LogP contribution in [0.2, 0.25) is 0 Å². The summed E-state index contributed by atoms with van der Waals surface area (Å²) in [4.78, 5) is 0. The first-order valence-electron chi connectivity index (χ1n) is 5.18. The number of aliphatic hydroxyl groups excluding tert-OH is 1. The van der Waals surface area contributed by atoms with Gasteiger partial charge < -0.3 is 5.11 Å². The second kappa shape index (κ2) is 4.45. The quantitative estimate of drug-likeness (QED) is 0.861. The SMILES string of the molecule is OCCC1CCc2ccc(Br)cc2C1. The number of benzene rings is 1. The molecule has 0 spiro atoms. The van der Waals surface area contributed by atoms with Crippen molar-refractivity contribution >= 4 is 15.9 Å². The Kier molecular flexibility index (Phi) is 3.24. The molecule has 1 aliphatic carbocycles. The van der Waals surface area contributed by atoms with Crippen LogP contribution in [-0.2, 0) is 12.8 Å². The van der Waals surface area contributed by atoms with E-state index in [-0.39, 0.29) is 0 Å². The van der Waals surface area contributed by atoms with Crippen molar-refractivity contribution in [3.05, 3.63) is 33.8 Å². The predicted molar refractivity (Wildman–Crippen MR) is 61.4 cm³/mol. The summed E-state index contributed by atoms with van der Waals surface area (Å²) in [7, 11) is 0. The van der Waals surface area contributed by atoms with E-state index in [0.29, 0.717) is 12.5 Å². The minimum Gasteiger partial charge on any atom is -0.396 e. The summed E-state index contributed by atoms with van der Waals surface area (Å²) in [5.74, 6) is 0.682. The highest BCUT2D eigenvalue weighted by Crippen LogP contribution is 2.29. The summed E-state index contributed by atoms with van der Waals surface area (Å²) in [6.07, 6.45) is 4.49. The predicted octanol–water partition coefficient (Wildman–Crippen LogP) is 2.94. The molecule has 0 heterocycles.